The second kappa shape index (κ2) is 22.9. The van der Waals surface area contributed by atoms with Crippen molar-refractivity contribution in [1.82, 2.24) is 45.1 Å². The number of rotatable bonds is 16. The number of halogens is 2. The molecule has 19 nitrogen and oxygen atoms in total. The Morgan fingerprint density at radius 1 is 0.963 bits per heavy atom. The number of nitrogens with one attached hydrogen (secondary N) is 1. The topological polar surface area (TPSA) is 233 Å². The molecule has 3 aromatic carbocycles. The summed E-state index contributed by atoms with van der Waals surface area (Å²) < 4.78 is 50.3. The van der Waals surface area contributed by atoms with E-state index in [1.165, 1.54) is 40.3 Å². The van der Waals surface area contributed by atoms with E-state index in [9.17, 15) is 29.7 Å². The Labute approximate surface area is 469 Å². The molecule has 0 saturated carbocycles. The number of ether oxygens (including phenoxy) is 2. The number of carboxylic acid groups (broad SMARTS) is 1. The van der Waals surface area contributed by atoms with E-state index >= 15 is 8.78 Å². The second-order valence-corrected chi connectivity index (χ2v) is 22.8. The third-order valence-electron chi connectivity index (χ3n) is 16.3. The van der Waals surface area contributed by atoms with Gasteiger partial charge in [0, 0.05) is 55.8 Å². The molecule has 81 heavy (non-hydrogen) atoms. The molecule has 4 aliphatic rings. The number of thiazole rings is 1. The number of aromatic hydroxyl groups is 1. The first-order chi connectivity index (χ1) is 39.0. The van der Waals surface area contributed by atoms with E-state index in [1.807, 2.05) is 62.4 Å². The molecule has 3 amide bonds. The fraction of sp³-hybridized carbons (Fsp3) is 0.424. The minimum Gasteiger partial charge on any atom is -0.508 e. The number of aliphatic hydroxyl groups excluding tert-OH is 1. The number of nitrogens with zero attached hydrogens (tertiary/aromatic N) is 9. The molecule has 4 fully saturated rings. The lowest BCUT2D eigenvalue weighted by atomic mass is 9.91. The van der Waals surface area contributed by atoms with Crippen molar-refractivity contribution in [2.45, 2.75) is 96.0 Å². The number of hydrogen-bond donors (Lipinski definition) is 4. The Hall–Kier alpha value is -8.00. The number of phenolic OH excluding ortho intramolecular Hbond substituents is 1. The number of fused-ring (bicyclic) bond motifs is 4. The Bertz CT molecular complexity index is 3550. The number of anilines is 1. The molecule has 4 saturated heterocycles. The van der Waals surface area contributed by atoms with Crippen LogP contribution in [0.4, 0.5) is 19.4 Å². The van der Waals surface area contributed by atoms with E-state index in [0.29, 0.717) is 56.0 Å². The fourth-order valence-electron chi connectivity index (χ4n) is 12.1. The fourth-order valence-corrected chi connectivity index (χ4v) is 12.9. The van der Waals surface area contributed by atoms with Gasteiger partial charge in [-0.25, -0.2) is 18.6 Å². The van der Waals surface area contributed by atoms with Crippen LogP contribution in [0.25, 0.3) is 43.4 Å². The van der Waals surface area contributed by atoms with Crippen molar-refractivity contribution >= 4 is 56.7 Å². The van der Waals surface area contributed by atoms with Crippen LogP contribution in [-0.2, 0) is 9.59 Å². The van der Waals surface area contributed by atoms with Gasteiger partial charge in [0.25, 0.3) is 5.88 Å². The van der Waals surface area contributed by atoms with Crippen LogP contribution >= 0.6 is 11.3 Å². The highest BCUT2D eigenvalue weighted by Gasteiger charge is 2.45. The van der Waals surface area contributed by atoms with Crippen LogP contribution in [0.2, 0.25) is 0 Å². The molecule has 0 aliphatic carbocycles. The quantitative estimate of drug-likeness (QED) is 0.0666. The monoisotopic (exact) mass is 1120 g/mol. The number of likely N-dealkylation sites (tertiary alicyclic amines) is 2. The van der Waals surface area contributed by atoms with Crippen molar-refractivity contribution < 1.29 is 52.5 Å². The standard InChI is InChI=1S/C59H62F2N10O9S/c1-6-42-45(60)14-11-37-21-40(72)22-43(50(37)42)52-51(61)53-44(25-62-52)55(69-26-38-12-13-39(27-69)71(38)59(76)77)66-58(65-53)78-20-19-68-17-15-34(16-18-68)29-79-48-24-47(80-67-48)49(31(2)3)57(75)70-28-41(73)23-46(70)56(74)64-32(4)35-7-9-36(10-8-35)54-33(5)63-30-81-54/h1,7-11,14,21-22,24-25,30-32,34,38-39,41,46,49,72-73H,12-13,15-20,23,26-29H2,2-5H3,(H,64,74)(H,76,77)/t32-,38?,39?,41+,46-,49+/m0/s1. The molecule has 11 rings (SSSR count). The van der Waals surface area contributed by atoms with Gasteiger partial charge in [0.15, 0.2) is 11.6 Å². The van der Waals surface area contributed by atoms with Crippen molar-refractivity contribution in [2.24, 2.45) is 11.8 Å². The molecule has 2 bridgehead atoms. The Balaban J connectivity index is 0.717. The van der Waals surface area contributed by atoms with E-state index in [0.717, 1.165) is 47.6 Å². The van der Waals surface area contributed by atoms with Gasteiger partial charge in [-0.3, -0.25) is 24.4 Å². The zero-order valence-corrected chi connectivity index (χ0v) is 46.0. The van der Waals surface area contributed by atoms with Gasteiger partial charge in [-0.1, -0.05) is 50.1 Å². The number of benzene rings is 3. The van der Waals surface area contributed by atoms with Gasteiger partial charge in [0.2, 0.25) is 11.8 Å². The summed E-state index contributed by atoms with van der Waals surface area (Å²) in [4.78, 5) is 66.7. The second-order valence-electron chi connectivity index (χ2n) is 21.9. The van der Waals surface area contributed by atoms with Crippen LogP contribution in [0.1, 0.15) is 87.4 Å². The molecule has 22 heteroatoms. The number of piperidine rings is 1. The van der Waals surface area contributed by atoms with Crippen molar-refractivity contribution in [3.63, 3.8) is 0 Å². The van der Waals surface area contributed by atoms with Crippen LogP contribution in [0.3, 0.4) is 0 Å². The number of pyridine rings is 1. The predicted molar refractivity (Wildman–Crippen MR) is 298 cm³/mol. The Kier molecular flexibility index (Phi) is 15.5. The van der Waals surface area contributed by atoms with Crippen molar-refractivity contribution in [2.75, 3.05) is 57.4 Å². The Morgan fingerprint density at radius 2 is 1.72 bits per heavy atom. The van der Waals surface area contributed by atoms with Gasteiger partial charge in [-0.2, -0.15) is 9.97 Å². The SMILES string of the molecule is C#Cc1c(F)ccc2cc(O)cc(-c3ncc4c(N5CC6CCC(C5)N6C(=O)O)nc(OCCN5CCC(COc6cc([C@H](C(=O)N7C[C@H](O)C[C@H]7C(=O)N[C@@H](C)c7ccc(-c8scnc8C)cc7)C(C)C)on6)CC5)nc4c3F)c12. The molecule has 0 spiro atoms. The highest BCUT2D eigenvalue weighted by molar-refractivity contribution is 7.13. The van der Waals surface area contributed by atoms with Gasteiger partial charge >= 0.3 is 12.1 Å². The summed E-state index contributed by atoms with van der Waals surface area (Å²) in [6, 6.07) is 13.0. The Morgan fingerprint density at radius 3 is 2.41 bits per heavy atom. The largest absolute Gasteiger partial charge is 0.508 e. The molecule has 8 heterocycles. The number of aryl methyl sites for hydroxylation is 1. The van der Waals surface area contributed by atoms with E-state index < -0.39 is 35.8 Å². The smallest absolute Gasteiger partial charge is 0.407 e. The molecule has 6 atom stereocenters. The van der Waals surface area contributed by atoms with Gasteiger partial charge in [0.05, 0.1) is 57.9 Å². The van der Waals surface area contributed by atoms with Crippen molar-refractivity contribution in [1.29, 1.82) is 0 Å². The number of piperazine rings is 1. The average molecular weight is 1130 g/mol. The van der Waals surface area contributed by atoms with Crippen LogP contribution in [0.5, 0.6) is 17.6 Å². The molecule has 0 radical (unpaired) electrons. The zero-order valence-electron chi connectivity index (χ0n) is 45.2. The number of aliphatic hydroxyl groups is 1. The van der Waals surface area contributed by atoms with Gasteiger partial charge in [-0.05, 0) is 104 Å². The molecule has 4 N–H and O–H groups in total. The summed E-state index contributed by atoms with van der Waals surface area (Å²) in [5.41, 5.74) is 4.34. The molecule has 2 unspecified atom stereocenters. The highest BCUT2D eigenvalue weighted by atomic mass is 32.1. The lowest BCUT2D eigenvalue weighted by molar-refractivity contribution is -0.141. The number of amides is 3. The lowest BCUT2D eigenvalue weighted by Gasteiger charge is -2.40. The molecule has 7 aromatic rings. The summed E-state index contributed by atoms with van der Waals surface area (Å²) in [5.74, 6) is -0.0431. The number of phenols is 1. The predicted octanol–water partition coefficient (Wildman–Crippen LogP) is 8.31. The van der Waals surface area contributed by atoms with Gasteiger partial charge in [0.1, 0.15) is 47.2 Å². The maximum Gasteiger partial charge on any atom is 0.407 e. The number of aromatic nitrogens is 5. The summed E-state index contributed by atoms with van der Waals surface area (Å²) >= 11 is 1.57. The molecular weight excluding hydrogens is 1060 g/mol. The minimum atomic E-state index is -0.991. The van der Waals surface area contributed by atoms with Crippen molar-refractivity contribution in [3.8, 4) is 51.7 Å². The number of terminal acetylenes is 1. The maximum absolute atomic E-state index is 17.2. The minimum absolute atomic E-state index is 0.00714. The first kappa shape index (κ1) is 54.9. The van der Waals surface area contributed by atoms with E-state index in [1.54, 1.807) is 17.4 Å². The van der Waals surface area contributed by atoms with Crippen LogP contribution < -0.4 is 19.7 Å². The number of hydrogen-bond acceptors (Lipinski definition) is 16. The molecule has 4 aliphatic heterocycles. The van der Waals surface area contributed by atoms with Crippen LogP contribution in [-0.4, -0.2) is 150 Å². The third-order valence-corrected chi connectivity index (χ3v) is 17.3. The molecular formula is C59H62F2N10O9S. The zero-order chi connectivity index (χ0) is 56.8. The maximum atomic E-state index is 17.2. The number of carbonyl (C=O) groups excluding carboxylic acids is 2. The first-order valence-electron chi connectivity index (χ1n) is 27.3. The number of β-amino-alcohol motifs (C(OH)–C–C–N with tert-alkyl or cyclic N) is 1. The van der Waals surface area contributed by atoms with Crippen molar-refractivity contribution in [3.05, 3.63) is 101 Å². The summed E-state index contributed by atoms with van der Waals surface area (Å²) in [5, 5.41) is 39.5. The van der Waals surface area contributed by atoms with E-state index in [4.69, 9.17) is 25.4 Å². The summed E-state index contributed by atoms with van der Waals surface area (Å²) in [6.07, 6.45) is 8.35. The summed E-state index contributed by atoms with van der Waals surface area (Å²) in [6.45, 7) is 10.7. The van der Waals surface area contributed by atoms with Gasteiger partial charge in [-0.15, -0.1) is 17.8 Å². The highest BCUT2D eigenvalue weighted by Crippen LogP contribution is 2.41. The summed E-state index contributed by atoms with van der Waals surface area (Å²) in [7, 11) is 0. The van der Waals surface area contributed by atoms with E-state index in [-0.39, 0.29) is 112 Å². The van der Waals surface area contributed by atoms with Crippen LogP contribution in [0.15, 0.2) is 70.8 Å². The average Bonchev–Trinajstić information content (AvgIpc) is 4.28. The first-order valence-corrected chi connectivity index (χ1v) is 28.2. The lowest BCUT2D eigenvalue weighted by Crippen LogP contribution is -2.55. The third kappa shape index (κ3) is 11.0. The van der Waals surface area contributed by atoms with E-state index in [2.05, 4.69) is 36.2 Å². The number of carbonyl (C=O) groups is 3. The molecule has 422 valence electrons. The normalized spacial score (nSPS) is 20.3. The van der Waals surface area contributed by atoms with Crippen LogP contribution in [0, 0.1) is 42.7 Å². The molecule has 4 aromatic heterocycles. The van der Waals surface area contributed by atoms with Gasteiger partial charge < -0.3 is 44.4 Å².